The summed E-state index contributed by atoms with van der Waals surface area (Å²) >= 11 is 0. The Hall–Kier alpha value is -0.0400. The zero-order valence-corrected chi connectivity index (χ0v) is 9.80. The Morgan fingerprint density at radius 2 is 1.57 bits per heavy atom. The first-order chi connectivity index (χ1) is 6.83. The van der Waals surface area contributed by atoms with Crippen LogP contribution in [0, 0.1) is 5.92 Å². The average Bonchev–Trinajstić information content (AvgIpc) is 2.17. The van der Waals surface area contributed by atoms with E-state index in [4.69, 9.17) is 5.73 Å². The molecule has 0 spiro atoms. The maximum atomic E-state index is 6.04. The van der Waals surface area contributed by atoms with E-state index in [1.807, 2.05) is 0 Å². The summed E-state index contributed by atoms with van der Waals surface area (Å²) in [4.78, 5) is 0. The lowest BCUT2D eigenvalue weighted by atomic mass is 9.88. The van der Waals surface area contributed by atoms with Crippen molar-refractivity contribution >= 4 is 0 Å². The van der Waals surface area contributed by atoms with Crippen LogP contribution in [0.2, 0.25) is 0 Å². The second-order valence-corrected chi connectivity index (χ2v) is 4.98. The standard InChI is InChI=1S/C13H27N/c1-2-7-12-8-4-3-5-10-13(14)11-6-9-12/h12-13H,2-11,14H2,1H3. The SMILES string of the molecule is CCCC1CCCCCC(N)CCC1. The van der Waals surface area contributed by atoms with Crippen molar-refractivity contribution in [3.8, 4) is 0 Å². The molecule has 0 aromatic rings. The van der Waals surface area contributed by atoms with Gasteiger partial charge in [-0.25, -0.2) is 0 Å². The third-order valence-corrected chi connectivity index (χ3v) is 3.57. The van der Waals surface area contributed by atoms with E-state index in [1.165, 1.54) is 64.2 Å². The molecule has 1 heteroatoms. The van der Waals surface area contributed by atoms with Gasteiger partial charge in [0.05, 0.1) is 0 Å². The normalized spacial score (nSPS) is 31.3. The lowest BCUT2D eigenvalue weighted by Gasteiger charge is -2.20. The Balaban J connectivity index is 2.26. The molecule has 0 heterocycles. The fourth-order valence-corrected chi connectivity index (χ4v) is 2.67. The van der Waals surface area contributed by atoms with Crippen LogP contribution in [0.4, 0.5) is 0 Å². The van der Waals surface area contributed by atoms with Crippen LogP contribution in [0.15, 0.2) is 0 Å². The Morgan fingerprint density at radius 3 is 2.36 bits per heavy atom. The molecule has 2 unspecified atom stereocenters. The monoisotopic (exact) mass is 197 g/mol. The molecule has 0 aliphatic heterocycles. The molecule has 1 fully saturated rings. The molecule has 0 aromatic carbocycles. The van der Waals surface area contributed by atoms with Crippen molar-refractivity contribution in [2.75, 3.05) is 0 Å². The highest BCUT2D eigenvalue weighted by atomic mass is 14.6. The Bertz CT molecular complexity index is 133. The predicted octanol–water partition coefficient (Wildman–Crippen LogP) is 3.86. The van der Waals surface area contributed by atoms with Gasteiger partial charge in [-0.05, 0) is 18.8 Å². The summed E-state index contributed by atoms with van der Waals surface area (Å²) in [5.41, 5.74) is 6.04. The topological polar surface area (TPSA) is 26.0 Å². The molecule has 84 valence electrons. The van der Waals surface area contributed by atoms with Crippen LogP contribution in [0.1, 0.15) is 71.1 Å². The van der Waals surface area contributed by atoms with Crippen molar-refractivity contribution < 1.29 is 0 Å². The van der Waals surface area contributed by atoms with Gasteiger partial charge in [0.2, 0.25) is 0 Å². The molecule has 0 amide bonds. The second kappa shape index (κ2) is 7.28. The number of hydrogen-bond donors (Lipinski definition) is 1. The van der Waals surface area contributed by atoms with Crippen molar-refractivity contribution in [3.05, 3.63) is 0 Å². The zero-order chi connectivity index (χ0) is 10.2. The minimum absolute atomic E-state index is 0.496. The second-order valence-electron chi connectivity index (χ2n) is 4.98. The fourth-order valence-electron chi connectivity index (χ4n) is 2.67. The van der Waals surface area contributed by atoms with Crippen LogP contribution in [-0.4, -0.2) is 6.04 Å². The number of rotatable bonds is 2. The van der Waals surface area contributed by atoms with Gasteiger partial charge in [0.15, 0.2) is 0 Å². The summed E-state index contributed by atoms with van der Waals surface area (Å²) in [6.45, 7) is 2.31. The van der Waals surface area contributed by atoms with Gasteiger partial charge in [-0.1, -0.05) is 58.3 Å². The molecule has 0 aromatic heterocycles. The summed E-state index contributed by atoms with van der Waals surface area (Å²) in [5, 5.41) is 0. The summed E-state index contributed by atoms with van der Waals surface area (Å²) in [7, 11) is 0. The first-order valence-corrected chi connectivity index (χ1v) is 6.58. The van der Waals surface area contributed by atoms with Crippen LogP contribution in [-0.2, 0) is 0 Å². The third-order valence-electron chi connectivity index (χ3n) is 3.57. The van der Waals surface area contributed by atoms with E-state index in [-0.39, 0.29) is 0 Å². The van der Waals surface area contributed by atoms with Gasteiger partial charge in [0.1, 0.15) is 0 Å². The van der Waals surface area contributed by atoms with E-state index in [1.54, 1.807) is 0 Å². The van der Waals surface area contributed by atoms with E-state index in [0.717, 1.165) is 5.92 Å². The van der Waals surface area contributed by atoms with Crippen molar-refractivity contribution in [2.45, 2.75) is 77.2 Å². The summed E-state index contributed by atoms with van der Waals surface area (Å²) in [6.07, 6.45) is 13.8. The third kappa shape index (κ3) is 4.99. The Labute approximate surface area is 89.5 Å². The number of nitrogens with two attached hydrogens (primary N) is 1. The molecule has 2 N–H and O–H groups in total. The van der Waals surface area contributed by atoms with Crippen molar-refractivity contribution in [1.29, 1.82) is 0 Å². The summed E-state index contributed by atoms with van der Waals surface area (Å²) < 4.78 is 0. The smallest absolute Gasteiger partial charge is 0.00388 e. The molecule has 1 rings (SSSR count). The van der Waals surface area contributed by atoms with Gasteiger partial charge in [0.25, 0.3) is 0 Å². The molecule has 0 bridgehead atoms. The molecular formula is C13H27N. The minimum atomic E-state index is 0.496. The lowest BCUT2D eigenvalue weighted by Crippen LogP contribution is -2.20. The predicted molar refractivity (Wildman–Crippen MR) is 63.3 cm³/mol. The highest BCUT2D eigenvalue weighted by Crippen LogP contribution is 2.24. The van der Waals surface area contributed by atoms with Crippen LogP contribution in [0.3, 0.4) is 0 Å². The summed E-state index contributed by atoms with van der Waals surface area (Å²) in [6, 6.07) is 0.496. The Morgan fingerprint density at radius 1 is 0.929 bits per heavy atom. The summed E-state index contributed by atoms with van der Waals surface area (Å²) in [5.74, 6) is 1.00. The first kappa shape index (κ1) is 12.0. The molecule has 1 aliphatic rings. The van der Waals surface area contributed by atoms with Crippen LogP contribution < -0.4 is 5.73 Å². The molecule has 1 saturated carbocycles. The molecule has 1 nitrogen and oxygen atoms in total. The fraction of sp³-hybridized carbons (Fsp3) is 1.00. The van der Waals surface area contributed by atoms with Crippen molar-refractivity contribution in [3.63, 3.8) is 0 Å². The van der Waals surface area contributed by atoms with Crippen molar-refractivity contribution in [2.24, 2.45) is 11.7 Å². The molecular weight excluding hydrogens is 170 g/mol. The average molecular weight is 197 g/mol. The van der Waals surface area contributed by atoms with Crippen molar-refractivity contribution in [1.82, 2.24) is 0 Å². The minimum Gasteiger partial charge on any atom is -0.328 e. The number of hydrogen-bond acceptors (Lipinski definition) is 1. The molecule has 0 radical (unpaired) electrons. The van der Waals surface area contributed by atoms with Crippen LogP contribution in [0.25, 0.3) is 0 Å². The highest BCUT2D eigenvalue weighted by molar-refractivity contribution is 4.67. The van der Waals surface area contributed by atoms with Crippen LogP contribution in [0.5, 0.6) is 0 Å². The van der Waals surface area contributed by atoms with E-state index in [2.05, 4.69) is 6.92 Å². The van der Waals surface area contributed by atoms with E-state index in [9.17, 15) is 0 Å². The van der Waals surface area contributed by atoms with E-state index < -0.39 is 0 Å². The van der Waals surface area contributed by atoms with E-state index >= 15 is 0 Å². The van der Waals surface area contributed by atoms with Gasteiger partial charge in [-0.3, -0.25) is 0 Å². The van der Waals surface area contributed by atoms with Crippen LogP contribution >= 0.6 is 0 Å². The molecule has 2 atom stereocenters. The van der Waals surface area contributed by atoms with Gasteiger partial charge in [-0.15, -0.1) is 0 Å². The highest BCUT2D eigenvalue weighted by Gasteiger charge is 2.11. The zero-order valence-electron chi connectivity index (χ0n) is 9.80. The maximum Gasteiger partial charge on any atom is 0.00388 e. The molecule has 14 heavy (non-hydrogen) atoms. The van der Waals surface area contributed by atoms with Gasteiger partial charge < -0.3 is 5.73 Å². The molecule has 1 aliphatic carbocycles. The van der Waals surface area contributed by atoms with Gasteiger partial charge >= 0.3 is 0 Å². The largest absolute Gasteiger partial charge is 0.328 e. The molecule has 0 saturated heterocycles. The van der Waals surface area contributed by atoms with E-state index in [0.29, 0.717) is 6.04 Å². The van der Waals surface area contributed by atoms with Gasteiger partial charge in [0, 0.05) is 6.04 Å². The first-order valence-electron chi connectivity index (χ1n) is 6.58. The quantitative estimate of drug-likeness (QED) is 0.714. The Kier molecular flexibility index (Phi) is 6.25. The lowest BCUT2D eigenvalue weighted by molar-refractivity contribution is 0.354. The maximum absolute atomic E-state index is 6.04. The van der Waals surface area contributed by atoms with Gasteiger partial charge in [-0.2, -0.15) is 0 Å².